The topological polar surface area (TPSA) is 77.0 Å². The zero-order valence-corrected chi connectivity index (χ0v) is 6.78. The van der Waals surface area contributed by atoms with Gasteiger partial charge in [0.1, 0.15) is 6.61 Å². The van der Waals surface area contributed by atoms with Crippen molar-refractivity contribution in [2.24, 2.45) is 22.1 Å². The molecule has 0 saturated heterocycles. The molecule has 64 valence electrons. The van der Waals surface area contributed by atoms with Crippen molar-refractivity contribution in [1.82, 2.24) is 0 Å². The van der Waals surface area contributed by atoms with Crippen molar-refractivity contribution in [2.75, 3.05) is 13.2 Å². The van der Waals surface area contributed by atoms with Crippen LogP contribution in [0.4, 0.5) is 0 Å². The van der Waals surface area contributed by atoms with Gasteiger partial charge in [-0.3, -0.25) is 4.79 Å². The summed E-state index contributed by atoms with van der Waals surface area (Å²) < 4.78 is 4.76. The van der Waals surface area contributed by atoms with Crippen LogP contribution in [0.5, 0.6) is 0 Å². The molecule has 0 aromatic rings. The molecule has 0 aliphatic rings. The van der Waals surface area contributed by atoms with Crippen LogP contribution in [0.25, 0.3) is 0 Å². The normalized spacial score (nSPS) is 10.8. The van der Waals surface area contributed by atoms with E-state index in [1.165, 1.54) is 0 Å². The van der Waals surface area contributed by atoms with Gasteiger partial charge in [0.25, 0.3) is 0 Å². The molecule has 0 fully saturated rings. The highest BCUT2D eigenvalue weighted by Gasteiger charge is 2.06. The highest BCUT2D eigenvalue weighted by molar-refractivity contribution is 5.71. The van der Waals surface area contributed by atoms with Gasteiger partial charge in [0.2, 0.25) is 0 Å². The SMILES string of the molecule is CC(C)C(=O)OCCN=NN. The molecule has 0 radical (unpaired) electrons. The molecule has 2 N–H and O–H groups in total. The first kappa shape index (κ1) is 9.87. The Balaban J connectivity index is 3.32. The van der Waals surface area contributed by atoms with Gasteiger partial charge in [0, 0.05) is 0 Å². The average Bonchev–Trinajstić information content (AvgIpc) is 1.97. The molecule has 0 aliphatic heterocycles. The second-order valence-corrected chi connectivity index (χ2v) is 2.30. The zero-order valence-electron chi connectivity index (χ0n) is 6.78. The van der Waals surface area contributed by atoms with E-state index in [4.69, 9.17) is 10.6 Å². The predicted molar refractivity (Wildman–Crippen MR) is 39.7 cm³/mol. The summed E-state index contributed by atoms with van der Waals surface area (Å²) in [4.78, 5) is 10.8. The van der Waals surface area contributed by atoms with Crippen molar-refractivity contribution in [3.05, 3.63) is 0 Å². The third-order valence-electron chi connectivity index (χ3n) is 0.989. The molecular formula is C6H13N3O2. The molecule has 0 saturated carbocycles. The second-order valence-electron chi connectivity index (χ2n) is 2.30. The fraction of sp³-hybridized carbons (Fsp3) is 0.833. The van der Waals surface area contributed by atoms with Crippen molar-refractivity contribution in [2.45, 2.75) is 13.8 Å². The minimum Gasteiger partial charge on any atom is -0.463 e. The first-order valence-corrected chi connectivity index (χ1v) is 3.41. The highest BCUT2D eigenvalue weighted by atomic mass is 16.5. The molecule has 0 aliphatic carbocycles. The maximum absolute atomic E-state index is 10.8. The molecule has 0 amide bonds. The van der Waals surface area contributed by atoms with E-state index >= 15 is 0 Å². The Morgan fingerprint density at radius 3 is 2.73 bits per heavy atom. The summed E-state index contributed by atoms with van der Waals surface area (Å²) in [5.74, 6) is 4.41. The molecule has 11 heavy (non-hydrogen) atoms. The van der Waals surface area contributed by atoms with Crippen LogP contribution in [0.1, 0.15) is 13.8 Å². The van der Waals surface area contributed by atoms with Crippen LogP contribution in [0.3, 0.4) is 0 Å². The Hall–Kier alpha value is -1.13. The lowest BCUT2D eigenvalue weighted by atomic mass is 10.2. The third kappa shape index (κ3) is 5.32. The summed E-state index contributed by atoms with van der Waals surface area (Å²) in [5, 5.41) is 6.44. The second kappa shape index (κ2) is 5.64. The molecule has 0 spiro atoms. The number of carbonyl (C=O) groups is 1. The number of nitrogens with zero attached hydrogens (tertiary/aromatic N) is 2. The fourth-order valence-corrected chi connectivity index (χ4v) is 0.411. The Morgan fingerprint density at radius 1 is 1.64 bits per heavy atom. The summed E-state index contributed by atoms with van der Waals surface area (Å²) >= 11 is 0. The molecular weight excluding hydrogens is 146 g/mol. The van der Waals surface area contributed by atoms with Gasteiger partial charge in [-0.15, -0.1) is 0 Å². The van der Waals surface area contributed by atoms with Crippen LogP contribution in [-0.4, -0.2) is 19.1 Å². The van der Waals surface area contributed by atoms with E-state index in [1.807, 2.05) is 0 Å². The van der Waals surface area contributed by atoms with Gasteiger partial charge in [-0.1, -0.05) is 19.1 Å². The Labute approximate surface area is 65.6 Å². The summed E-state index contributed by atoms with van der Waals surface area (Å²) in [6, 6.07) is 0. The minimum atomic E-state index is -0.225. The lowest BCUT2D eigenvalue weighted by molar-refractivity contribution is -0.146. The van der Waals surface area contributed by atoms with Crippen LogP contribution < -0.4 is 5.84 Å². The molecule has 0 aromatic carbocycles. The number of hydrogen-bond acceptors (Lipinski definition) is 4. The van der Waals surface area contributed by atoms with Crippen LogP contribution in [0, 0.1) is 5.92 Å². The molecule has 0 atom stereocenters. The Kier molecular flexibility index (Phi) is 5.06. The van der Waals surface area contributed by atoms with Gasteiger partial charge in [0.15, 0.2) is 0 Å². The van der Waals surface area contributed by atoms with Crippen LogP contribution >= 0.6 is 0 Å². The van der Waals surface area contributed by atoms with E-state index in [1.54, 1.807) is 13.8 Å². The van der Waals surface area contributed by atoms with Gasteiger partial charge in [0.05, 0.1) is 12.5 Å². The van der Waals surface area contributed by atoms with Crippen LogP contribution in [0.2, 0.25) is 0 Å². The first-order chi connectivity index (χ1) is 5.18. The first-order valence-electron chi connectivity index (χ1n) is 3.41. The van der Waals surface area contributed by atoms with E-state index < -0.39 is 0 Å². The Bertz CT molecular complexity index is 145. The smallest absolute Gasteiger partial charge is 0.308 e. The third-order valence-corrected chi connectivity index (χ3v) is 0.989. The number of carbonyl (C=O) groups excluding carboxylic acids is 1. The maximum atomic E-state index is 10.8. The van der Waals surface area contributed by atoms with Crippen LogP contribution in [0.15, 0.2) is 10.3 Å². The monoisotopic (exact) mass is 159 g/mol. The summed E-state index contributed by atoms with van der Waals surface area (Å²) in [6.45, 7) is 4.12. The lowest BCUT2D eigenvalue weighted by Gasteiger charge is -2.03. The molecule has 0 heterocycles. The number of hydrogen-bond donors (Lipinski definition) is 1. The van der Waals surface area contributed by atoms with Crippen molar-refractivity contribution in [3.63, 3.8) is 0 Å². The number of nitrogens with two attached hydrogens (primary N) is 1. The number of esters is 1. The van der Waals surface area contributed by atoms with Gasteiger partial charge in [-0.25, -0.2) is 0 Å². The van der Waals surface area contributed by atoms with E-state index in [9.17, 15) is 4.79 Å². The van der Waals surface area contributed by atoms with Crippen molar-refractivity contribution in [1.29, 1.82) is 0 Å². The van der Waals surface area contributed by atoms with Crippen molar-refractivity contribution in [3.8, 4) is 0 Å². The molecule has 0 unspecified atom stereocenters. The largest absolute Gasteiger partial charge is 0.463 e. The standard InChI is InChI=1S/C6H13N3O2/c1-5(2)6(10)11-4-3-8-9-7/h5H,3-4H2,1-2H3,(H2,7,8). The van der Waals surface area contributed by atoms with Gasteiger partial charge >= 0.3 is 5.97 Å². The number of rotatable bonds is 4. The maximum Gasteiger partial charge on any atom is 0.308 e. The van der Waals surface area contributed by atoms with Gasteiger partial charge in [-0.05, 0) is 0 Å². The number of ether oxygens (including phenoxy) is 1. The fourth-order valence-electron chi connectivity index (χ4n) is 0.411. The zero-order chi connectivity index (χ0) is 8.69. The van der Waals surface area contributed by atoms with Gasteiger partial charge in [-0.2, -0.15) is 5.11 Å². The molecule has 5 heteroatoms. The van der Waals surface area contributed by atoms with E-state index in [0.29, 0.717) is 6.54 Å². The molecule has 0 aromatic heterocycles. The van der Waals surface area contributed by atoms with E-state index in [2.05, 4.69) is 10.3 Å². The van der Waals surface area contributed by atoms with Gasteiger partial charge < -0.3 is 10.6 Å². The molecule has 5 nitrogen and oxygen atoms in total. The van der Waals surface area contributed by atoms with Crippen molar-refractivity contribution < 1.29 is 9.53 Å². The molecule has 0 bridgehead atoms. The summed E-state index contributed by atoms with van der Waals surface area (Å²) in [6.07, 6.45) is 0. The lowest BCUT2D eigenvalue weighted by Crippen LogP contribution is -2.13. The average molecular weight is 159 g/mol. The highest BCUT2D eigenvalue weighted by Crippen LogP contribution is 1.94. The minimum absolute atomic E-state index is 0.0928. The Morgan fingerprint density at radius 2 is 2.27 bits per heavy atom. The molecule has 0 rings (SSSR count). The van der Waals surface area contributed by atoms with Crippen molar-refractivity contribution >= 4 is 5.97 Å². The van der Waals surface area contributed by atoms with E-state index in [-0.39, 0.29) is 18.5 Å². The van der Waals surface area contributed by atoms with Crippen LogP contribution in [-0.2, 0) is 9.53 Å². The van der Waals surface area contributed by atoms with E-state index in [0.717, 1.165) is 0 Å². The quantitative estimate of drug-likeness (QED) is 0.213. The predicted octanol–water partition coefficient (Wildman–Crippen LogP) is 0.512. The summed E-state index contributed by atoms with van der Waals surface area (Å²) in [5.41, 5.74) is 0. The summed E-state index contributed by atoms with van der Waals surface area (Å²) in [7, 11) is 0.